The molecule has 0 saturated heterocycles. The summed E-state index contributed by atoms with van der Waals surface area (Å²) in [5.74, 6) is 0.854. The third-order valence-electron chi connectivity index (χ3n) is 2.64. The zero-order chi connectivity index (χ0) is 13.9. The van der Waals surface area contributed by atoms with Crippen molar-refractivity contribution in [2.45, 2.75) is 6.54 Å². The summed E-state index contributed by atoms with van der Waals surface area (Å²) in [6.07, 6.45) is 1.73. The summed E-state index contributed by atoms with van der Waals surface area (Å²) in [6.45, 7) is 1.09. The molecule has 0 amide bonds. The Morgan fingerprint density at radius 3 is 2.80 bits per heavy atom. The molecule has 0 atom stereocenters. The lowest BCUT2D eigenvalue weighted by molar-refractivity contribution is 0.431. The Bertz CT molecular complexity index is 705. The maximum absolute atomic E-state index is 5.46. The van der Waals surface area contributed by atoms with E-state index in [1.165, 1.54) is 0 Å². The molecule has 0 saturated carbocycles. The van der Waals surface area contributed by atoms with Crippen molar-refractivity contribution in [1.82, 2.24) is 25.1 Å². The molecule has 0 aliphatic carbocycles. The molecule has 0 unspecified atom stereocenters. The standard InChI is InChI=1S/C12H11BrN6O/c13-9-3-1-8(2-4-9)11-15-12(20-17-11)10-7-19(6-5-14)18-16-10/h1-4,7H,5-6,14H2. The Labute approximate surface area is 122 Å². The van der Waals surface area contributed by atoms with Crippen LogP contribution in [0.15, 0.2) is 39.5 Å². The predicted octanol–water partition coefficient (Wildman–Crippen LogP) is 1.72. The van der Waals surface area contributed by atoms with Crippen molar-refractivity contribution in [3.8, 4) is 23.0 Å². The topological polar surface area (TPSA) is 95.7 Å². The molecule has 102 valence electrons. The second kappa shape index (κ2) is 5.51. The number of rotatable bonds is 4. The van der Waals surface area contributed by atoms with Crippen molar-refractivity contribution in [3.63, 3.8) is 0 Å². The second-order valence-electron chi connectivity index (χ2n) is 4.09. The van der Waals surface area contributed by atoms with Crippen LogP contribution in [0.4, 0.5) is 0 Å². The summed E-state index contributed by atoms with van der Waals surface area (Å²) in [5.41, 5.74) is 6.87. The first-order chi connectivity index (χ1) is 9.76. The van der Waals surface area contributed by atoms with Gasteiger partial charge in [-0.2, -0.15) is 4.98 Å². The van der Waals surface area contributed by atoms with Gasteiger partial charge >= 0.3 is 0 Å². The molecule has 2 N–H and O–H groups in total. The fraction of sp³-hybridized carbons (Fsp3) is 0.167. The van der Waals surface area contributed by atoms with Crippen LogP contribution in [0, 0.1) is 0 Å². The van der Waals surface area contributed by atoms with E-state index in [1.54, 1.807) is 10.9 Å². The maximum atomic E-state index is 5.46. The van der Waals surface area contributed by atoms with Crippen molar-refractivity contribution < 1.29 is 4.52 Å². The third kappa shape index (κ3) is 2.61. The summed E-state index contributed by atoms with van der Waals surface area (Å²) in [7, 11) is 0. The Morgan fingerprint density at radius 2 is 2.05 bits per heavy atom. The highest BCUT2D eigenvalue weighted by molar-refractivity contribution is 9.10. The number of hydrogen-bond donors (Lipinski definition) is 1. The Kier molecular flexibility index (Phi) is 3.57. The number of halogens is 1. The third-order valence-corrected chi connectivity index (χ3v) is 3.17. The van der Waals surface area contributed by atoms with Gasteiger partial charge in [0, 0.05) is 16.6 Å². The quantitative estimate of drug-likeness (QED) is 0.780. The largest absolute Gasteiger partial charge is 0.332 e. The highest BCUT2D eigenvalue weighted by Crippen LogP contribution is 2.22. The van der Waals surface area contributed by atoms with Gasteiger partial charge in [0.25, 0.3) is 5.89 Å². The predicted molar refractivity (Wildman–Crippen MR) is 75.5 cm³/mol. The smallest absolute Gasteiger partial charge is 0.280 e. The van der Waals surface area contributed by atoms with Gasteiger partial charge in [-0.25, -0.2) is 0 Å². The van der Waals surface area contributed by atoms with E-state index in [0.29, 0.717) is 30.5 Å². The number of nitrogens with two attached hydrogens (primary N) is 1. The van der Waals surface area contributed by atoms with Crippen molar-refractivity contribution in [3.05, 3.63) is 34.9 Å². The van der Waals surface area contributed by atoms with E-state index in [-0.39, 0.29) is 0 Å². The van der Waals surface area contributed by atoms with E-state index in [2.05, 4.69) is 36.4 Å². The van der Waals surface area contributed by atoms with Crippen LogP contribution in [-0.2, 0) is 6.54 Å². The minimum absolute atomic E-state index is 0.339. The van der Waals surface area contributed by atoms with Crippen molar-refractivity contribution in [1.29, 1.82) is 0 Å². The molecule has 3 rings (SSSR count). The molecule has 8 heteroatoms. The Morgan fingerprint density at radius 1 is 1.25 bits per heavy atom. The molecule has 0 radical (unpaired) electrons. The molecule has 1 aromatic carbocycles. The SMILES string of the molecule is NCCn1cc(-c2nc(-c3ccc(Br)cc3)no2)nn1. The fourth-order valence-electron chi connectivity index (χ4n) is 1.68. The number of nitrogens with zero attached hydrogens (tertiary/aromatic N) is 5. The number of aromatic nitrogens is 5. The molecule has 0 bridgehead atoms. The Balaban J connectivity index is 1.87. The molecular formula is C12H11BrN6O. The first-order valence-corrected chi connectivity index (χ1v) is 6.76. The lowest BCUT2D eigenvalue weighted by Gasteiger charge is -1.93. The van der Waals surface area contributed by atoms with Crippen LogP contribution >= 0.6 is 15.9 Å². The average Bonchev–Trinajstić information content (AvgIpc) is 3.08. The second-order valence-corrected chi connectivity index (χ2v) is 5.00. The van der Waals surface area contributed by atoms with Crippen LogP contribution in [0.1, 0.15) is 0 Å². The lowest BCUT2D eigenvalue weighted by atomic mass is 10.2. The van der Waals surface area contributed by atoms with Gasteiger partial charge in [0.1, 0.15) is 0 Å². The summed E-state index contributed by atoms with van der Waals surface area (Å²) >= 11 is 3.38. The van der Waals surface area contributed by atoms with Crippen LogP contribution in [0.2, 0.25) is 0 Å². The lowest BCUT2D eigenvalue weighted by Crippen LogP contribution is -2.10. The molecule has 0 aliphatic heterocycles. The normalized spacial score (nSPS) is 10.9. The molecule has 2 heterocycles. The van der Waals surface area contributed by atoms with Gasteiger partial charge in [-0.3, -0.25) is 4.68 Å². The van der Waals surface area contributed by atoms with E-state index < -0.39 is 0 Å². The number of hydrogen-bond acceptors (Lipinski definition) is 6. The summed E-state index contributed by atoms with van der Waals surface area (Å²) in [5, 5.41) is 11.9. The average molecular weight is 335 g/mol. The highest BCUT2D eigenvalue weighted by Gasteiger charge is 2.13. The van der Waals surface area contributed by atoms with E-state index in [1.807, 2.05) is 24.3 Å². The van der Waals surface area contributed by atoms with E-state index in [4.69, 9.17) is 10.3 Å². The van der Waals surface area contributed by atoms with Crippen molar-refractivity contribution in [2.75, 3.05) is 6.54 Å². The zero-order valence-corrected chi connectivity index (χ0v) is 12.0. The zero-order valence-electron chi connectivity index (χ0n) is 10.4. The van der Waals surface area contributed by atoms with Crippen LogP contribution in [-0.4, -0.2) is 31.7 Å². The van der Waals surface area contributed by atoms with Gasteiger partial charge in [-0.05, 0) is 24.3 Å². The van der Waals surface area contributed by atoms with Gasteiger partial charge in [0.2, 0.25) is 5.82 Å². The van der Waals surface area contributed by atoms with E-state index in [9.17, 15) is 0 Å². The molecule has 3 aromatic rings. The summed E-state index contributed by atoms with van der Waals surface area (Å²) in [6, 6.07) is 7.65. The molecule has 0 fully saturated rings. The van der Waals surface area contributed by atoms with Gasteiger partial charge in [-0.15, -0.1) is 5.10 Å². The first-order valence-electron chi connectivity index (χ1n) is 5.96. The van der Waals surface area contributed by atoms with Crippen molar-refractivity contribution in [2.24, 2.45) is 5.73 Å². The van der Waals surface area contributed by atoms with Gasteiger partial charge in [0.15, 0.2) is 5.69 Å². The minimum Gasteiger partial charge on any atom is -0.332 e. The molecule has 2 aromatic heterocycles. The van der Waals surface area contributed by atoms with Gasteiger partial charge < -0.3 is 10.3 Å². The minimum atomic E-state index is 0.339. The highest BCUT2D eigenvalue weighted by atomic mass is 79.9. The van der Waals surface area contributed by atoms with Crippen LogP contribution in [0.5, 0.6) is 0 Å². The molecular weight excluding hydrogens is 324 g/mol. The van der Waals surface area contributed by atoms with Crippen molar-refractivity contribution >= 4 is 15.9 Å². The molecule has 0 aliphatic rings. The van der Waals surface area contributed by atoms with Crippen LogP contribution < -0.4 is 5.73 Å². The van der Waals surface area contributed by atoms with Crippen LogP contribution in [0.25, 0.3) is 23.0 Å². The molecule has 20 heavy (non-hydrogen) atoms. The maximum Gasteiger partial charge on any atom is 0.280 e. The van der Waals surface area contributed by atoms with Gasteiger partial charge in [0.05, 0.1) is 12.7 Å². The summed E-state index contributed by atoms with van der Waals surface area (Å²) in [4.78, 5) is 4.31. The Hall–Kier alpha value is -2.06. The molecule has 7 nitrogen and oxygen atoms in total. The van der Waals surface area contributed by atoms with Gasteiger partial charge in [-0.1, -0.05) is 26.3 Å². The van der Waals surface area contributed by atoms with Crippen LogP contribution in [0.3, 0.4) is 0 Å². The first kappa shape index (κ1) is 12.9. The van der Waals surface area contributed by atoms with E-state index in [0.717, 1.165) is 10.0 Å². The van der Waals surface area contributed by atoms with E-state index >= 15 is 0 Å². The summed E-state index contributed by atoms with van der Waals surface area (Å²) < 4.78 is 7.84. The monoisotopic (exact) mass is 334 g/mol. The number of benzene rings is 1. The molecule has 0 spiro atoms. The fourth-order valence-corrected chi connectivity index (χ4v) is 1.95.